The monoisotopic (exact) mass is 306 g/mol. The molecule has 0 spiro atoms. The molecule has 0 radical (unpaired) electrons. The van der Waals surface area contributed by atoms with E-state index < -0.39 is 4.92 Å². The molecule has 6 nitrogen and oxygen atoms in total. The van der Waals surface area contributed by atoms with Gasteiger partial charge in [0, 0.05) is 12.1 Å². The van der Waals surface area contributed by atoms with E-state index in [9.17, 15) is 14.9 Å². The quantitative estimate of drug-likeness (QED) is 0.670. The molecule has 120 valence electrons. The summed E-state index contributed by atoms with van der Waals surface area (Å²) in [5.41, 5.74) is -0.130. The third-order valence-corrected chi connectivity index (χ3v) is 4.47. The van der Waals surface area contributed by atoms with Crippen LogP contribution in [0.25, 0.3) is 0 Å². The van der Waals surface area contributed by atoms with Gasteiger partial charge in [-0.15, -0.1) is 0 Å². The molecule has 0 bridgehead atoms. The van der Waals surface area contributed by atoms with Crippen LogP contribution in [0.2, 0.25) is 0 Å². The zero-order valence-corrected chi connectivity index (χ0v) is 13.0. The predicted molar refractivity (Wildman–Crippen MR) is 82.7 cm³/mol. The summed E-state index contributed by atoms with van der Waals surface area (Å²) >= 11 is 0. The lowest BCUT2D eigenvalue weighted by Crippen LogP contribution is -2.45. The molecular weight excluding hydrogens is 284 g/mol. The Balaban J connectivity index is 1.89. The summed E-state index contributed by atoms with van der Waals surface area (Å²) in [6.45, 7) is 4.15. The minimum atomic E-state index is -0.516. The Labute approximate surface area is 130 Å². The van der Waals surface area contributed by atoms with Crippen LogP contribution >= 0.6 is 0 Å². The average molecular weight is 306 g/mol. The van der Waals surface area contributed by atoms with Crippen molar-refractivity contribution in [3.05, 3.63) is 34.4 Å². The Kier molecular flexibility index (Phi) is 5.35. The maximum atomic E-state index is 12.0. The van der Waals surface area contributed by atoms with Crippen LogP contribution in [0.4, 0.5) is 5.69 Å². The maximum Gasteiger partial charge on any atom is 0.310 e. The molecule has 0 aliphatic heterocycles. The number of carbonyl (C=O) groups excluding carboxylic acids is 1. The van der Waals surface area contributed by atoms with E-state index in [0.717, 1.165) is 12.8 Å². The molecule has 1 amide bonds. The maximum absolute atomic E-state index is 12.0. The van der Waals surface area contributed by atoms with Crippen LogP contribution in [-0.4, -0.2) is 23.5 Å². The number of nitrogens with one attached hydrogen (secondary N) is 1. The summed E-state index contributed by atoms with van der Waals surface area (Å²) < 4.78 is 5.31. The lowest BCUT2D eigenvalue weighted by atomic mass is 9.78. The molecule has 0 heterocycles. The number of ether oxygens (including phenoxy) is 1. The number of carbonyl (C=O) groups is 1. The first-order chi connectivity index (χ1) is 10.5. The standard InChI is InChI=1S/C16H22N2O4/c1-11-6-5-7-13(12(11)2)17-16(19)10-22-15-9-4-3-8-14(15)18(20)21/h3-4,8-9,11-13H,5-7,10H2,1-2H3,(H,17,19). The van der Waals surface area contributed by atoms with Crippen LogP contribution in [0.1, 0.15) is 33.1 Å². The average Bonchev–Trinajstić information content (AvgIpc) is 2.50. The Morgan fingerprint density at radius 3 is 2.82 bits per heavy atom. The summed E-state index contributed by atoms with van der Waals surface area (Å²) in [6.07, 6.45) is 3.28. The van der Waals surface area contributed by atoms with Crippen LogP contribution in [0.3, 0.4) is 0 Å². The molecule has 1 fully saturated rings. The number of para-hydroxylation sites is 2. The second kappa shape index (κ2) is 7.24. The van der Waals surface area contributed by atoms with Crippen molar-refractivity contribution in [3.8, 4) is 5.75 Å². The number of rotatable bonds is 5. The van der Waals surface area contributed by atoms with Gasteiger partial charge in [0.25, 0.3) is 5.91 Å². The molecule has 3 atom stereocenters. The van der Waals surface area contributed by atoms with E-state index in [1.807, 2.05) is 0 Å². The van der Waals surface area contributed by atoms with Crippen LogP contribution in [0.5, 0.6) is 5.75 Å². The van der Waals surface area contributed by atoms with Gasteiger partial charge in [-0.2, -0.15) is 0 Å². The lowest BCUT2D eigenvalue weighted by molar-refractivity contribution is -0.385. The van der Waals surface area contributed by atoms with Crippen molar-refractivity contribution < 1.29 is 14.5 Å². The lowest BCUT2D eigenvalue weighted by Gasteiger charge is -2.34. The van der Waals surface area contributed by atoms with Gasteiger partial charge in [0.2, 0.25) is 0 Å². The van der Waals surface area contributed by atoms with Gasteiger partial charge < -0.3 is 10.1 Å². The van der Waals surface area contributed by atoms with E-state index in [0.29, 0.717) is 11.8 Å². The van der Waals surface area contributed by atoms with Crippen molar-refractivity contribution in [2.24, 2.45) is 11.8 Å². The Bertz CT molecular complexity index is 547. The second-order valence-electron chi connectivity index (χ2n) is 5.95. The summed E-state index contributed by atoms with van der Waals surface area (Å²) in [5.74, 6) is 0.913. The first-order valence-electron chi connectivity index (χ1n) is 7.64. The second-order valence-corrected chi connectivity index (χ2v) is 5.95. The van der Waals surface area contributed by atoms with E-state index in [-0.39, 0.29) is 30.0 Å². The van der Waals surface area contributed by atoms with Crippen molar-refractivity contribution in [2.75, 3.05) is 6.61 Å². The van der Waals surface area contributed by atoms with Crippen LogP contribution in [0.15, 0.2) is 24.3 Å². The minimum Gasteiger partial charge on any atom is -0.477 e. The molecule has 6 heteroatoms. The Hall–Kier alpha value is -2.11. The highest BCUT2D eigenvalue weighted by atomic mass is 16.6. The molecule has 2 rings (SSSR count). The third-order valence-electron chi connectivity index (χ3n) is 4.47. The van der Waals surface area contributed by atoms with Gasteiger partial charge in [-0.25, -0.2) is 0 Å². The SMILES string of the molecule is CC1CCCC(NC(=O)COc2ccccc2[N+](=O)[O-])C1C. The molecule has 1 saturated carbocycles. The first kappa shape index (κ1) is 16.3. The van der Waals surface area contributed by atoms with E-state index in [1.54, 1.807) is 12.1 Å². The molecule has 22 heavy (non-hydrogen) atoms. The molecule has 3 unspecified atom stereocenters. The van der Waals surface area contributed by atoms with E-state index >= 15 is 0 Å². The summed E-state index contributed by atoms with van der Waals surface area (Å²) in [7, 11) is 0. The number of hydrogen-bond acceptors (Lipinski definition) is 4. The molecule has 0 saturated heterocycles. The van der Waals surface area contributed by atoms with Gasteiger partial charge in [0.05, 0.1) is 4.92 Å². The van der Waals surface area contributed by atoms with Gasteiger partial charge in [0.1, 0.15) is 0 Å². The normalized spacial score (nSPS) is 24.5. The highest BCUT2D eigenvalue weighted by molar-refractivity contribution is 5.78. The fourth-order valence-electron chi connectivity index (χ4n) is 2.91. The van der Waals surface area contributed by atoms with Gasteiger partial charge in [-0.1, -0.05) is 38.8 Å². The van der Waals surface area contributed by atoms with Crippen molar-refractivity contribution in [1.29, 1.82) is 0 Å². The highest BCUT2D eigenvalue weighted by Gasteiger charge is 2.28. The predicted octanol–water partition coefficient (Wildman–Crippen LogP) is 2.91. The summed E-state index contributed by atoms with van der Waals surface area (Å²) in [6, 6.07) is 6.22. The molecule has 0 aromatic heterocycles. The number of nitrogens with zero attached hydrogens (tertiary/aromatic N) is 1. The molecular formula is C16H22N2O4. The van der Waals surface area contributed by atoms with Gasteiger partial charge in [0.15, 0.2) is 12.4 Å². The smallest absolute Gasteiger partial charge is 0.310 e. The number of nitro groups is 1. The highest BCUT2D eigenvalue weighted by Crippen LogP contribution is 2.29. The minimum absolute atomic E-state index is 0.118. The summed E-state index contributed by atoms with van der Waals surface area (Å²) in [5, 5.41) is 13.9. The molecule has 1 aliphatic carbocycles. The van der Waals surface area contributed by atoms with Crippen molar-refractivity contribution >= 4 is 11.6 Å². The molecule has 1 aromatic rings. The fourth-order valence-corrected chi connectivity index (χ4v) is 2.91. The Morgan fingerprint density at radius 2 is 2.09 bits per heavy atom. The van der Waals surface area contributed by atoms with Crippen molar-refractivity contribution in [3.63, 3.8) is 0 Å². The van der Waals surface area contributed by atoms with Crippen LogP contribution in [-0.2, 0) is 4.79 Å². The van der Waals surface area contributed by atoms with E-state index in [1.165, 1.54) is 18.6 Å². The number of nitro benzene ring substituents is 1. The molecule has 1 aromatic carbocycles. The summed E-state index contributed by atoms with van der Waals surface area (Å²) in [4.78, 5) is 22.4. The van der Waals surface area contributed by atoms with Gasteiger partial charge in [-0.3, -0.25) is 14.9 Å². The zero-order chi connectivity index (χ0) is 16.1. The van der Waals surface area contributed by atoms with Gasteiger partial charge >= 0.3 is 5.69 Å². The van der Waals surface area contributed by atoms with Gasteiger partial charge in [-0.05, 0) is 24.3 Å². The number of amides is 1. The number of benzene rings is 1. The van der Waals surface area contributed by atoms with E-state index in [2.05, 4.69) is 19.2 Å². The largest absolute Gasteiger partial charge is 0.477 e. The molecule has 1 N–H and O–H groups in total. The van der Waals surface area contributed by atoms with Crippen molar-refractivity contribution in [1.82, 2.24) is 5.32 Å². The number of hydrogen-bond donors (Lipinski definition) is 1. The van der Waals surface area contributed by atoms with Crippen molar-refractivity contribution in [2.45, 2.75) is 39.2 Å². The van der Waals surface area contributed by atoms with E-state index in [4.69, 9.17) is 4.74 Å². The third kappa shape index (κ3) is 3.96. The van der Waals surface area contributed by atoms with Crippen LogP contribution in [0, 0.1) is 22.0 Å². The first-order valence-corrected chi connectivity index (χ1v) is 7.64. The van der Waals surface area contributed by atoms with Crippen LogP contribution < -0.4 is 10.1 Å². The Morgan fingerprint density at radius 1 is 1.36 bits per heavy atom. The zero-order valence-electron chi connectivity index (χ0n) is 13.0. The topological polar surface area (TPSA) is 81.5 Å². The fraction of sp³-hybridized carbons (Fsp3) is 0.562. The molecule has 1 aliphatic rings.